The molecule has 0 aliphatic rings. The van der Waals surface area contributed by atoms with Gasteiger partial charge in [0.05, 0.1) is 12.8 Å². The molecule has 1 rings (SSSR count). The number of nitrogens with zero attached hydrogens (tertiary/aromatic N) is 1. The van der Waals surface area contributed by atoms with Crippen LogP contribution in [0.5, 0.6) is 5.75 Å². The van der Waals surface area contributed by atoms with E-state index in [0.717, 1.165) is 0 Å². The van der Waals surface area contributed by atoms with Crippen molar-refractivity contribution in [2.75, 3.05) is 7.11 Å². The first-order valence-corrected chi connectivity index (χ1v) is 4.50. The number of rotatable bonds is 1. The zero-order valence-corrected chi connectivity index (χ0v) is 9.09. The lowest BCUT2D eigenvalue weighted by atomic mass is 10.2. The summed E-state index contributed by atoms with van der Waals surface area (Å²) < 4.78 is 4.91. The fourth-order valence-electron chi connectivity index (χ4n) is 0.982. The Balaban J connectivity index is 3.21. The van der Waals surface area contributed by atoms with Crippen molar-refractivity contribution in [2.24, 2.45) is 4.99 Å². The summed E-state index contributed by atoms with van der Waals surface area (Å²) in [5, 5.41) is 9.93. The van der Waals surface area contributed by atoms with E-state index in [1.54, 1.807) is 27.0 Å². The molecule has 3 nitrogen and oxygen atoms in total. The van der Waals surface area contributed by atoms with E-state index < -0.39 is 0 Å². The number of halogens is 1. The first-order chi connectivity index (χ1) is 6.54. The average molecular weight is 214 g/mol. The van der Waals surface area contributed by atoms with Crippen molar-refractivity contribution in [1.29, 1.82) is 0 Å². The number of hydrogen-bond acceptors (Lipinski definition) is 3. The van der Waals surface area contributed by atoms with Gasteiger partial charge in [-0.25, -0.2) is 4.99 Å². The summed E-state index contributed by atoms with van der Waals surface area (Å²) in [6, 6.07) is 3.16. The van der Waals surface area contributed by atoms with E-state index in [-0.39, 0.29) is 5.75 Å². The highest BCUT2D eigenvalue weighted by molar-refractivity contribution is 6.31. The lowest BCUT2D eigenvalue weighted by Gasteiger charge is -2.05. The summed E-state index contributed by atoms with van der Waals surface area (Å²) in [4.78, 5) is 4.15. The van der Waals surface area contributed by atoms with Gasteiger partial charge in [-0.15, -0.1) is 0 Å². The molecule has 0 aliphatic heterocycles. The predicted molar refractivity (Wildman–Crippen MR) is 57.6 cm³/mol. The third kappa shape index (κ3) is 2.39. The summed E-state index contributed by atoms with van der Waals surface area (Å²) in [6.07, 6.45) is 0. The maximum atomic E-state index is 9.47. The fraction of sp³-hybridized carbons (Fsp3) is 0.300. The molecule has 0 atom stereocenters. The number of benzene rings is 1. The van der Waals surface area contributed by atoms with Crippen LogP contribution in [0.2, 0.25) is 5.02 Å². The number of aliphatic imine (C=N–C) groups is 1. The van der Waals surface area contributed by atoms with Gasteiger partial charge in [-0.1, -0.05) is 11.6 Å². The third-order valence-electron chi connectivity index (χ3n) is 1.89. The van der Waals surface area contributed by atoms with Crippen molar-refractivity contribution in [3.05, 3.63) is 22.7 Å². The molecule has 0 aromatic heterocycles. The van der Waals surface area contributed by atoms with E-state index in [1.807, 2.05) is 0 Å². The van der Waals surface area contributed by atoms with Crippen molar-refractivity contribution >= 4 is 23.2 Å². The van der Waals surface area contributed by atoms with Gasteiger partial charge >= 0.3 is 0 Å². The van der Waals surface area contributed by atoms with Crippen LogP contribution in [0.4, 0.5) is 5.69 Å². The summed E-state index contributed by atoms with van der Waals surface area (Å²) >= 11 is 5.78. The largest absolute Gasteiger partial charge is 0.508 e. The summed E-state index contributed by atoms with van der Waals surface area (Å²) in [7, 11) is 1.54. The second-order valence-corrected chi connectivity index (χ2v) is 3.34. The SMILES string of the molecule is COC(C)=Nc1cc(Cl)cc(O)c1C. The van der Waals surface area contributed by atoms with Crippen LogP contribution in [0.3, 0.4) is 0 Å². The van der Waals surface area contributed by atoms with Gasteiger partial charge in [-0.2, -0.15) is 0 Å². The molecule has 0 amide bonds. The zero-order chi connectivity index (χ0) is 10.7. The first-order valence-electron chi connectivity index (χ1n) is 4.13. The molecule has 0 saturated heterocycles. The van der Waals surface area contributed by atoms with Crippen molar-refractivity contribution in [3.8, 4) is 5.75 Å². The molecular formula is C10H12ClNO2. The van der Waals surface area contributed by atoms with Crippen LogP contribution in [0, 0.1) is 6.92 Å². The molecule has 4 heteroatoms. The van der Waals surface area contributed by atoms with Crippen molar-refractivity contribution in [2.45, 2.75) is 13.8 Å². The Bertz CT molecular complexity index is 375. The second-order valence-electron chi connectivity index (χ2n) is 2.90. The van der Waals surface area contributed by atoms with Gasteiger partial charge in [-0.3, -0.25) is 0 Å². The normalized spacial score (nSPS) is 11.6. The van der Waals surface area contributed by atoms with E-state index in [2.05, 4.69) is 4.99 Å². The molecule has 0 heterocycles. The topological polar surface area (TPSA) is 41.8 Å². The lowest BCUT2D eigenvalue weighted by molar-refractivity contribution is 0.400. The number of ether oxygens (including phenoxy) is 1. The van der Waals surface area contributed by atoms with Gasteiger partial charge in [-0.05, 0) is 19.1 Å². The fourth-order valence-corrected chi connectivity index (χ4v) is 1.19. The minimum Gasteiger partial charge on any atom is -0.508 e. The Morgan fingerprint density at radius 2 is 2.14 bits per heavy atom. The van der Waals surface area contributed by atoms with Crippen molar-refractivity contribution < 1.29 is 9.84 Å². The Hall–Kier alpha value is -1.22. The highest BCUT2D eigenvalue weighted by Gasteiger charge is 2.04. The zero-order valence-electron chi connectivity index (χ0n) is 8.34. The molecule has 0 radical (unpaired) electrons. The number of aromatic hydroxyl groups is 1. The van der Waals surface area contributed by atoms with Crippen LogP contribution in [0.1, 0.15) is 12.5 Å². The third-order valence-corrected chi connectivity index (χ3v) is 2.11. The highest BCUT2D eigenvalue weighted by atomic mass is 35.5. The predicted octanol–water partition coefficient (Wildman–Crippen LogP) is 3.05. The standard InChI is InChI=1S/C10H12ClNO2/c1-6-9(12-7(2)14-3)4-8(11)5-10(6)13/h4-5,13H,1-3H3. The Labute approximate surface area is 88.0 Å². The smallest absolute Gasteiger partial charge is 0.184 e. The van der Waals surface area contributed by atoms with Gasteiger partial charge < -0.3 is 9.84 Å². The maximum Gasteiger partial charge on any atom is 0.184 e. The molecule has 0 unspecified atom stereocenters. The van der Waals surface area contributed by atoms with Gasteiger partial charge in [0.1, 0.15) is 5.75 Å². The monoisotopic (exact) mass is 213 g/mol. The van der Waals surface area contributed by atoms with Crippen LogP contribution < -0.4 is 0 Å². The van der Waals surface area contributed by atoms with Crippen LogP contribution in [-0.2, 0) is 4.74 Å². The number of phenols is 1. The van der Waals surface area contributed by atoms with Crippen molar-refractivity contribution in [3.63, 3.8) is 0 Å². The molecular weight excluding hydrogens is 202 g/mol. The maximum absolute atomic E-state index is 9.47. The molecule has 1 N–H and O–H groups in total. The molecule has 76 valence electrons. The molecule has 1 aromatic carbocycles. The summed E-state index contributed by atoms with van der Waals surface area (Å²) in [5.74, 6) is 0.662. The Kier molecular flexibility index (Phi) is 3.36. The molecule has 0 spiro atoms. The van der Waals surface area contributed by atoms with Crippen LogP contribution in [0.25, 0.3) is 0 Å². The summed E-state index contributed by atoms with van der Waals surface area (Å²) in [6.45, 7) is 3.50. The summed E-state index contributed by atoms with van der Waals surface area (Å²) in [5.41, 5.74) is 1.31. The van der Waals surface area contributed by atoms with Crippen LogP contribution in [0.15, 0.2) is 17.1 Å². The highest BCUT2D eigenvalue weighted by Crippen LogP contribution is 2.31. The molecule has 0 fully saturated rings. The Morgan fingerprint density at radius 3 is 2.71 bits per heavy atom. The van der Waals surface area contributed by atoms with Gasteiger partial charge in [0, 0.05) is 17.5 Å². The van der Waals surface area contributed by atoms with E-state index in [4.69, 9.17) is 16.3 Å². The number of methoxy groups -OCH3 is 1. The van der Waals surface area contributed by atoms with E-state index >= 15 is 0 Å². The van der Waals surface area contributed by atoms with Crippen LogP contribution in [-0.4, -0.2) is 18.1 Å². The second kappa shape index (κ2) is 4.33. The quantitative estimate of drug-likeness (QED) is 0.576. The minimum atomic E-state index is 0.139. The molecule has 0 bridgehead atoms. The molecule has 0 saturated carbocycles. The van der Waals surface area contributed by atoms with Crippen LogP contribution >= 0.6 is 11.6 Å². The number of hydrogen-bond donors (Lipinski definition) is 1. The van der Waals surface area contributed by atoms with E-state index in [9.17, 15) is 5.11 Å². The minimum absolute atomic E-state index is 0.139. The van der Waals surface area contributed by atoms with Gasteiger partial charge in [0.2, 0.25) is 0 Å². The number of phenolic OH excluding ortho intramolecular Hbond substituents is 1. The molecule has 1 aromatic rings. The van der Waals surface area contributed by atoms with Gasteiger partial charge in [0.25, 0.3) is 0 Å². The molecule has 14 heavy (non-hydrogen) atoms. The average Bonchev–Trinajstić information content (AvgIpc) is 2.13. The molecule has 0 aliphatic carbocycles. The van der Waals surface area contributed by atoms with E-state index in [0.29, 0.717) is 22.2 Å². The van der Waals surface area contributed by atoms with Crippen molar-refractivity contribution in [1.82, 2.24) is 0 Å². The Morgan fingerprint density at radius 1 is 1.50 bits per heavy atom. The first kappa shape index (κ1) is 10.9. The van der Waals surface area contributed by atoms with Gasteiger partial charge in [0.15, 0.2) is 5.90 Å². The lowest BCUT2D eigenvalue weighted by Crippen LogP contribution is -1.92. The van der Waals surface area contributed by atoms with E-state index in [1.165, 1.54) is 6.07 Å².